The molecule has 0 saturated heterocycles. The molecule has 0 unspecified atom stereocenters. The van der Waals surface area contributed by atoms with Crippen molar-refractivity contribution in [1.29, 1.82) is 0 Å². The minimum atomic E-state index is 0.324. The van der Waals surface area contributed by atoms with Gasteiger partial charge in [-0.3, -0.25) is 0 Å². The van der Waals surface area contributed by atoms with Crippen molar-refractivity contribution in [3.05, 3.63) is 47.7 Å². The van der Waals surface area contributed by atoms with Gasteiger partial charge in [0.25, 0.3) is 0 Å². The fourth-order valence-electron chi connectivity index (χ4n) is 1.40. The number of para-hydroxylation sites is 1. The summed E-state index contributed by atoms with van der Waals surface area (Å²) in [6.45, 7) is 2.56. The van der Waals surface area contributed by atoms with Gasteiger partial charge in [0.1, 0.15) is 11.5 Å². The van der Waals surface area contributed by atoms with Gasteiger partial charge in [-0.2, -0.15) is 0 Å². The number of ether oxygens (including phenoxy) is 1. The molecule has 0 saturated carbocycles. The molecule has 0 aliphatic heterocycles. The van der Waals surface area contributed by atoms with E-state index in [4.69, 9.17) is 14.9 Å². The molecule has 2 N–H and O–H groups in total. The highest BCUT2D eigenvalue weighted by atomic mass is 16.5. The lowest BCUT2D eigenvalue weighted by Crippen LogP contribution is -1.96. The van der Waals surface area contributed by atoms with Crippen LogP contribution in [0.1, 0.15) is 17.3 Å². The van der Waals surface area contributed by atoms with E-state index in [9.17, 15) is 0 Å². The Labute approximate surface area is 94.1 Å². The fraction of sp³-hybridized carbons (Fsp3) is 0.250. The quantitative estimate of drug-likeness (QED) is 0.852. The number of hydrogen-bond donors (Lipinski definition) is 1. The highest BCUT2D eigenvalue weighted by Crippen LogP contribution is 2.13. The Morgan fingerprint density at radius 2 is 2.06 bits per heavy atom. The van der Waals surface area contributed by atoms with Crippen molar-refractivity contribution in [2.45, 2.75) is 20.1 Å². The van der Waals surface area contributed by atoms with Crippen LogP contribution in [0.25, 0.3) is 0 Å². The lowest BCUT2D eigenvalue weighted by atomic mass is 10.3. The van der Waals surface area contributed by atoms with E-state index in [1.54, 1.807) is 0 Å². The van der Waals surface area contributed by atoms with Crippen LogP contribution in [-0.2, 0) is 13.2 Å². The lowest BCUT2D eigenvalue weighted by molar-refractivity contribution is 0.259. The van der Waals surface area contributed by atoms with Gasteiger partial charge < -0.3 is 14.9 Å². The first-order valence-electron chi connectivity index (χ1n) is 5.12. The summed E-state index contributed by atoms with van der Waals surface area (Å²) < 4.78 is 10.9. The van der Waals surface area contributed by atoms with Crippen molar-refractivity contribution < 1.29 is 9.15 Å². The van der Waals surface area contributed by atoms with E-state index in [1.807, 2.05) is 37.3 Å². The second-order valence-electron chi connectivity index (χ2n) is 3.42. The average molecular weight is 218 g/mol. The smallest absolute Gasteiger partial charge is 0.232 e. The molecule has 4 heteroatoms. The third-order valence-corrected chi connectivity index (χ3v) is 2.23. The maximum absolute atomic E-state index is 5.51. The van der Waals surface area contributed by atoms with Crippen LogP contribution in [0.3, 0.4) is 0 Å². The van der Waals surface area contributed by atoms with E-state index in [0.717, 1.165) is 11.4 Å². The van der Waals surface area contributed by atoms with Gasteiger partial charge in [0.15, 0.2) is 6.61 Å². The Balaban J connectivity index is 2.00. The first-order chi connectivity index (χ1) is 7.79. The van der Waals surface area contributed by atoms with Crippen LogP contribution >= 0.6 is 0 Å². The second kappa shape index (κ2) is 4.81. The van der Waals surface area contributed by atoms with Gasteiger partial charge in [-0.15, -0.1) is 0 Å². The predicted molar refractivity (Wildman–Crippen MR) is 59.9 cm³/mol. The Bertz CT molecular complexity index is 451. The Morgan fingerprint density at radius 1 is 1.31 bits per heavy atom. The molecular weight excluding hydrogens is 204 g/mol. The summed E-state index contributed by atoms with van der Waals surface area (Å²) in [6.07, 6.45) is 0. The summed E-state index contributed by atoms with van der Waals surface area (Å²) in [5, 5.41) is 0. The highest BCUT2D eigenvalue weighted by Gasteiger charge is 2.08. The molecule has 2 aromatic rings. The normalized spacial score (nSPS) is 10.4. The van der Waals surface area contributed by atoms with Crippen molar-refractivity contribution >= 4 is 0 Å². The number of rotatable bonds is 4. The van der Waals surface area contributed by atoms with E-state index < -0.39 is 0 Å². The van der Waals surface area contributed by atoms with Gasteiger partial charge in [-0.1, -0.05) is 18.2 Å². The summed E-state index contributed by atoms with van der Waals surface area (Å²) in [5.74, 6) is 2.07. The molecule has 1 aromatic carbocycles. The Kier molecular flexibility index (Phi) is 3.22. The minimum absolute atomic E-state index is 0.324. The molecule has 0 aliphatic rings. The van der Waals surface area contributed by atoms with Gasteiger partial charge in [0, 0.05) is 0 Å². The number of benzene rings is 1. The van der Waals surface area contributed by atoms with Crippen LogP contribution in [0, 0.1) is 6.92 Å². The zero-order valence-electron chi connectivity index (χ0n) is 9.14. The van der Waals surface area contributed by atoms with Gasteiger partial charge in [-0.25, -0.2) is 4.98 Å². The number of aryl methyl sites for hydroxylation is 1. The summed E-state index contributed by atoms with van der Waals surface area (Å²) in [7, 11) is 0. The second-order valence-corrected chi connectivity index (χ2v) is 3.42. The third-order valence-electron chi connectivity index (χ3n) is 2.23. The van der Waals surface area contributed by atoms with E-state index in [2.05, 4.69) is 4.98 Å². The molecule has 0 aliphatic carbocycles. The van der Waals surface area contributed by atoms with Crippen LogP contribution < -0.4 is 10.5 Å². The molecular formula is C12H14N2O2. The molecule has 1 aromatic heterocycles. The molecule has 84 valence electrons. The Hall–Kier alpha value is -1.81. The molecule has 0 atom stereocenters. The number of oxazole rings is 1. The van der Waals surface area contributed by atoms with Gasteiger partial charge >= 0.3 is 0 Å². The van der Waals surface area contributed by atoms with Crippen LogP contribution in [0.4, 0.5) is 0 Å². The standard InChI is InChI=1S/C12H14N2O2/c1-9-11(7-13)16-12(14-9)8-15-10-5-3-2-4-6-10/h2-6H,7-8,13H2,1H3. The first-order valence-corrected chi connectivity index (χ1v) is 5.12. The van der Waals surface area contributed by atoms with E-state index in [0.29, 0.717) is 24.8 Å². The molecule has 0 radical (unpaired) electrons. The van der Waals surface area contributed by atoms with E-state index in [-0.39, 0.29) is 0 Å². The summed E-state index contributed by atoms with van der Waals surface area (Å²) in [4.78, 5) is 4.22. The molecule has 16 heavy (non-hydrogen) atoms. The topological polar surface area (TPSA) is 61.3 Å². The largest absolute Gasteiger partial charge is 0.484 e. The van der Waals surface area contributed by atoms with Crippen molar-refractivity contribution in [3.8, 4) is 5.75 Å². The minimum Gasteiger partial charge on any atom is -0.484 e. The molecule has 4 nitrogen and oxygen atoms in total. The van der Waals surface area contributed by atoms with Crippen molar-refractivity contribution in [3.63, 3.8) is 0 Å². The maximum Gasteiger partial charge on any atom is 0.232 e. The molecule has 0 bridgehead atoms. The molecule has 0 spiro atoms. The molecule has 0 amide bonds. The Morgan fingerprint density at radius 3 is 2.69 bits per heavy atom. The highest BCUT2D eigenvalue weighted by molar-refractivity contribution is 5.21. The van der Waals surface area contributed by atoms with Crippen LogP contribution in [0.2, 0.25) is 0 Å². The maximum atomic E-state index is 5.51. The van der Waals surface area contributed by atoms with Gasteiger partial charge in [-0.05, 0) is 19.1 Å². The van der Waals surface area contributed by atoms with E-state index >= 15 is 0 Å². The number of hydrogen-bond acceptors (Lipinski definition) is 4. The lowest BCUT2D eigenvalue weighted by Gasteiger charge is -2.01. The zero-order valence-corrected chi connectivity index (χ0v) is 9.14. The summed E-state index contributed by atoms with van der Waals surface area (Å²) in [5.41, 5.74) is 6.32. The summed E-state index contributed by atoms with van der Waals surface area (Å²) >= 11 is 0. The van der Waals surface area contributed by atoms with Crippen LogP contribution in [0.15, 0.2) is 34.7 Å². The fourth-order valence-corrected chi connectivity index (χ4v) is 1.40. The first kappa shape index (κ1) is 10.7. The SMILES string of the molecule is Cc1nc(COc2ccccc2)oc1CN. The molecule has 1 heterocycles. The number of nitrogens with two attached hydrogens (primary N) is 1. The average Bonchev–Trinajstić information content (AvgIpc) is 2.69. The molecule has 2 rings (SSSR count). The number of nitrogens with zero attached hydrogens (tertiary/aromatic N) is 1. The van der Waals surface area contributed by atoms with Crippen molar-refractivity contribution in [2.24, 2.45) is 5.73 Å². The van der Waals surface area contributed by atoms with Crippen LogP contribution in [0.5, 0.6) is 5.75 Å². The third kappa shape index (κ3) is 2.41. The summed E-state index contributed by atoms with van der Waals surface area (Å²) in [6, 6.07) is 9.55. The molecule has 0 fully saturated rings. The predicted octanol–water partition coefficient (Wildman–Crippen LogP) is 2.02. The zero-order chi connectivity index (χ0) is 11.4. The van der Waals surface area contributed by atoms with E-state index in [1.165, 1.54) is 0 Å². The van der Waals surface area contributed by atoms with Crippen LogP contribution in [-0.4, -0.2) is 4.98 Å². The monoisotopic (exact) mass is 218 g/mol. The van der Waals surface area contributed by atoms with Gasteiger partial charge in [0.05, 0.1) is 12.2 Å². The van der Waals surface area contributed by atoms with Crippen molar-refractivity contribution in [1.82, 2.24) is 4.98 Å². The van der Waals surface area contributed by atoms with Gasteiger partial charge in [0.2, 0.25) is 5.89 Å². The van der Waals surface area contributed by atoms with Crippen molar-refractivity contribution in [2.75, 3.05) is 0 Å². The number of aromatic nitrogens is 1.